The van der Waals surface area contributed by atoms with E-state index in [9.17, 15) is 0 Å². The highest BCUT2D eigenvalue weighted by atomic mass is 32.1. The number of aryl methyl sites for hydroxylation is 2. The van der Waals surface area contributed by atoms with Crippen LogP contribution in [0.5, 0.6) is 0 Å². The first-order valence-corrected chi connectivity index (χ1v) is 6.67. The van der Waals surface area contributed by atoms with Gasteiger partial charge in [0.15, 0.2) is 5.82 Å². The number of nitrogens with zero attached hydrogens (tertiary/aromatic N) is 4. The van der Waals surface area contributed by atoms with Crippen LogP contribution in [-0.4, -0.2) is 19.7 Å². The molecular weight excluding hydrogens is 258 g/mol. The molecule has 0 unspecified atom stereocenters. The maximum atomic E-state index is 5.76. The van der Waals surface area contributed by atoms with Crippen LogP contribution in [0.1, 0.15) is 10.6 Å². The lowest BCUT2D eigenvalue weighted by Crippen LogP contribution is -1.94. The molecule has 0 amide bonds. The minimum atomic E-state index is 0.651. The fourth-order valence-electron chi connectivity index (χ4n) is 1.72. The molecule has 96 valence electrons. The molecule has 0 radical (unpaired) electrons. The van der Waals surface area contributed by atoms with Crippen molar-refractivity contribution in [1.82, 2.24) is 19.7 Å². The molecule has 2 N–H and O–H groups in total. The van der Waals surface area contributed by atoms with Crippen molar-refractivity contribution in [3.63, 3.8) is 0 Å². The normalized spacial score (nSPS) is 10.8. The van der Waals surface area contributed by atoms with Crippen molar-refractivity contribution >= 4 is 17.0 Å². The molecule has 0 bridgehead atoms. The molecule has 0 fully saturated rings. The Hall–Kier alpha value is -2.21. The molecule has 3 aromatic rings. The topological polar surface area (TPSA) is 69.6 Å². The summed E-state index contributed by atoms with van der Waals surface area (Å²) < 4.78 is 1.70. The highest BCUT2D eigenvalue weighted by molar-refractivity contribution is 7.14. The van der Waals surface area contributed by atoms with Crippen LogP contribution in [-0.2, 0) is 0 Å². The molecule has 2 heterocycles. The summed E-state index contributed by atoms with van der Waals surface area (Å²) in [5, 5.41) is 5.28. The maximum Gasteiger partial charge on any atom is 0.212 e. The molecule has 0 atom stereocenters. The number of anilines is 1. The first-order chi connectivity index (χ1) is 9.13. The average Bonchev–Trinajstić information content (AvgIpc) is 2.97. The second kappa shape index (κ2) is 4.47. The fourth-order valence-corrected chi connectivity index (χ4v) is 2.55. The average molecular weight is 271 g/mol. The lowest BCUT2D eigenvalue weighted by molar-refractivity contribution is 0.866. The number of thiazole rings is 1. The first kappa shape index (κ1) is 11.9. The van der Waals surface area contributed by atoms with Gasteiger partial charge in [-0.2, -0.15) is 4.68 Å². The van der Waals surface area contributed by atoms with Crippen molar-refractivity contribution in [2.45, 2.75) is 13.8 Å². The van der Waals surface area contributed by atoms with Crippen LogP contribution in [0.15, 0.2) is 30.6 Å². The van der Waals surface area contributed by atoms with Gasteiger partial charge in [-0.15, -0.1) is 5.10 Å². The van der Waals surface area contributed by atoms with Crippen LogP contribution >= 0.6 is 11.3 Å². The van der Waals surface area contributed by atoms with E-state index in [1.165, 1.54) is 4.88 Å². The molecule has 2 aromatic heterocycles. The van der Waals surface area contributed by atoms with Crippen LogP contribution < -0.4 is 5.73 Å². The van der Waals surface area contributed by atoms with Crippen molar-refractivity contribution in [2.75, 3.05) is 5.73 Å². The monoisotopic (exact) mass is 271 g/mol. The van der Waals surface area contributed by atoms with Gasteiger partial charge in [-0.05, 0) is 26.0 Å². The van der Waals surface area contributed by atoms with Crippen LogP contribution in [0.3, 0.4) is 0 Å². The Morgan fingerprint density at radius 3 is 2.79 bits per heavy atom. The number of rotatable bonds is 2. The summed E-state index contributed by atoms with van der Waals surface area (Å²) in [6, 6.07) is 7.53. The summed E-state index contributed by atoms with van der Waals surface area (Å²) in [5.41, 5.74) is 8.40. The van der Waals surface area contributed by atoms with Gasteiger partial charge in [0.25, 0.3) is 0 Å². The summed E-state index contributed by atoms with van der Waals surface area (Å²) in [5.74, 6) is 0.651. The van der Waals surface area contributed by atoms with Gasteiger partial charge in [0, 0.05) is 16.1 Å². The predicted molar refractivity (Wildman–Crippen MR) is 76.4 cm³/mol. The number of hydrogen-bond donors (Lipinski definition) is 1. The Bertz CT molecular complexity index is 709. The molecule has 0 saturated carbocycles. The molecule has 0 aliphatic rings. The van der Waals surface area contributed by atoms with Crippen molar-refractivity contribution in [3.05, 3.63) is 41.2 Å². The molecule has 0 aliphatic heterocycles. The number of benzene rings is 1. The Kier molecular flexibility index (Phi) is 2.79. The fraction of sp³-hybridized carbons (Fsp3) is 0.154. The summed E-state index contributed by atoms with van der Waals surface area (Å²) in [6.07, 6.45) is 1.68. The predicted octanol–water partition coefficient (Wildman–Crippen LogP) is 2.59. The zero-order valence-corrected chi connectivity index (χ0v) is 11.5. The summed E-state index contributed by atoms with van der Waals surface area (Å²) in [6.45, 7) is 4.04. The van der Waals surface area contributed by atoms with Crippen LogP contribution in [0, 0.1) is 13.8 Å². The van der Waals surface area contributed by atoms with Crippen molar-refractivity contribution < 1.29 is 0 Å². The number of nitrogen functional groups attached to an aromatic ring is 1. The highest BCUT2D eigenvalue weighted by Gasteiger charge is 2.09. The largest absolute Gasteiger partial charge is 0.399 e. The van der Waals surface area contributed by atoms with Gasteiger partial charge in [0.2, 0.25) is 5.13 Å². The summed E-state index contributed by atoms with van der Waals surface area (Å²) in [4.78, 5) is 9.96. The van der Waals surface area contributed by atoms with E-state index in [1.54, 1.807) is 22.3 Å². The second-order valence-corrected chi connectivity index (χ2v) is 5.46. The standard InChI is InChI=1S/C13H13N5S/c1-8-9(2)19-13(16-8)18-7-15-12(17-18)10-4-3-5-11(14)6-10/h3-7H,14H2,1-2H3. The van der Waals surface area contributed by atoms with E-state index in [4.69, 9.17) is 5.73 Å². The van der Waals surface area contributed by atoms with Gasteiger partial charge in [0.05, 0.1) is 5.69 Å². The van der Waals surface area contributed by atoms with E-state index in [1.807, 2.05) is 38.1 Å². The van der Waals surface area contributed by atoms with E-state index in [-0.39, 0.29) is 0 Å². The minimum absolute atomic E-state index is 0.651. The number of aromatic nitrogens is 4. The van der Waals surface area contributed by atoms with E-state index < -0.39 is 0 Å². The zero-order chi connectivity index (χ0) is 13.4. The van der Waals surface area contributed by atoms with Crippen LogP contribution in [0.2, 0.25) is 0 Å². The number of nitrogens with two attached hydrogens (primary N) is 1. The molecular formula is C13H13N5S. The molecule has 6 heteroatoms. The first-order valence-electron chi connectivity index (χ1n) is 5.85. The molecule has 5 nitrogen and oxygen atoms in total. The quantitative estimate of drug-likeness (QED) is 0.727. The van der Waals surface area contributed by atoms with Gasteiger partial charge in [0.1, 0.15) is 6.33 Å². The van der Waals surface area contributed by atoms with Gasteiger partial charge in [-0.25, -0.2) is 9.97 Å². The second-order valence-electron chi connectivity index (χ2n) is 4.28. The molecule has 1 aromatic carbocycles. The van der Waals surface area contributed by atoms with Crippen molar-refractivity contribution in [3.8, 4) is 16.5 Å². The third-order valence-corrected chi connectivity index (χ3v) is 3.91. The minimum Gasteiger partial charge on any atom is -0.399 e. The molecule has 0 saturated heterocycles. The lowest BCUT2D eigenvalue weighted by atomic mass is 10.2. The van der Waals surface area contributed by atoms with Gasteiger partial charge in [-0.3, -0.25) is 0 Å². The summed E-state index contributed by atoms with van der Waals surface area (Å²) in [7, 11) is 0. The van der Waals surface area contributed by atoms with Crippen molar-refractivity contribution in [1.29, 1.82) is 0 Å². The molecule has 19 heavy (non-hydrogen) atoms. The summed E-state index contributed by atoms with van der Waals surface area (Å²) >= 11 is 1.60. The zero-order valence-electron chi connectivity index (χ0n) is 10.7. The molecule has 0 spiro atoms. The van der Waals surface area contributed by atoms with Gasteiger partial charge >= 0.3 is 0 Å². The molecule has 0 aliphatic carbocycles. The lowest BCUT2D eigenvalue weighted by Gasteiger charge is -1.96. The third kappa shape index (κ3) is 2.22. The van der Waals surface area contributed by atoms with E-state index in [0.717, 1.165) is 16.4 Å². The third-order valence-electron chi connectivity index (χ3n) is 2.85. The van der Waals surface area contributed by atoms with E-state index in [2.05, 4.69) is 15.1 Å². The van der Waals surface area contributed by atoms with E-state index in [0.29, 0.717) is 11.5 Å². The Morgan fingerprint density at radius 1 is 1.26 bits per heavy atom. The van der Waals surface area contributed by atoms with Gasteiger partial charge < -0.3 is 5.73 Å². The Balaban J connectivity index is 1.99. The van der Waals surface area contributed by atoms with Crippen molar-refractivity contribution in [2.24, 2.45) is 0 Å². The smallest absolute Gasteiger partial charge is 0.212 e. The van der Waals surface area contributed by atoms with Crippen LogP contribution in [0.4, 0.5) is 5.69 Å². The maximum absolute atomic E-state index is 5.76. The number of hydrogen-bond acceptors (Lipinski definition) is 5. The van der Waals surface area contributed by atoms with Gasteiger partial charge in [-0.1, -0.05) is 23.5 Å². The Labute approximate surface area is 114 Å². The Morgan fingerprint density at radius 2 is 2.11 bits per heavy atom. The van der Waals surface area contributed by atoms with E-state index >= 15 is 0 Å². The molecule has 3 rings (SSSR count). The SMILES string of the molecule is Cc1nc(-n2cnc(-c3cccc(N)c3)n2)sc1C. The van der Waals surface area contributed by atoms with Crippen LogP contribution in [0.25, 0.3) is 16.5 Å². The highest BCUT2D eigenvalue weighted by Crippen LogP contribution is 2.22.